The molecule has 0 saturated carbocycles. The Labute approximate surface area is 283 Å². The highest BCUT2D eigenvalue weighted by Gasteiger charge is 2.29. The Kier molecular flexibility index (Phi) is 12.2. The van der Waals surface area contributed by atoms with E-state index in [1.807, 2.05) is 23.5 Å². The lowest BCUT2D eigenvalue weighted by atomic mass is 9.88. The average molecular weight is 715 g/mol. The molecule has 0 bridgehead atoms. The zero-order chi connectivity index (χ0) is 32.9. The Morgan fingerprint density at radius 3 is 1.48 bits per heavy atom. The van der Waals surface area contributed by atoms with Crippen LogP contribution in [0.4, 0.5) is 0 Å². The normalized spacial score (nSPS) is 26.9. The molecule has 46 heavy (non-hydrogen) atoms. The van der Waals surface area contributed by atoms with Gasteiger partial charge in [-0.3, -0.25) is 9.11 Å². The topological polar surface area (TPSA) is 121 Å². The fourth-order valence-electron chi connectivity index (χ4n) is 7.08. The molecule has 2 aliphatic carbocycles. The highest BCUT2D eigenvalue weighted by molar-refractivity contribution is 8.14. The van der Waals surface area contributed by atoms with Crippen molar-refractivity contribution in [2.45, 2.75) is 52.4 Å². The van der Waals surface area contributed by atoms with E-state index in [0.717, 1.165) is 76.5 Å². The molecule has 0 aromatic carbocycles. The molecular formula is C32H50N4O6S4+2. The van der Waals surface area contributed by atoms with E-state index in [1.54, 1.807) is 0 Å². The SMILES string of the molecule is CC1CC(=CC2=[N+](CCCS(=O)(=O)O)CCS2)C=C(N2CCN(C3=CC(=CC4=[N+](CCCS(=O)(=O)O)CCS4)CC(C)C3)CC2)C1. The largest absolute Gasteiger partial charge is 0.371 e. The van der Waals surface area contributed by atoms with Crippen LogP contribution in [0.2, 0.25) is 0 Å². The molecule has 1 saturated heterocycles. The fraction of sp³-hybridized carbons (Fsp3) is 0.688. The number of hydrogen-bond acceptors (Lipinski definition) is 8. The Morgan fingerprint density at radius 2 is 1.11 bits per heavy atom. The molecule has 0 radical (unpaired) electrons. The molecule has 10 nitrogen and oxygen atoms in total. The smallest absolute Gasteiger partial charge is 0.265 e. The minimum atomic E-state index is -3.93. The summed E-state index contributed by atoms with van der Waals surface area (Å²) >= 11 is 3.66. The molecule has 5 aliphatic rings. The van der Waals surface area contributed by atoms with Gasteiger partial charge in [-0.05, 0) is 60.8 Å². The van der Waals surface area contributed by atoms with Gasteiger partial charge in [0.25, 0.3) is 20.2 Å². The standard InChI is InChI=1S/C32H48N4O6S4/c1-25-17-27(23-31-35(11-13-43-31)5-3-15-45(37,38)39)21-29(19-25)33-7-9-34(10-8-33)30-20-26(2)18-28(22-30)24-32-36(12-14-44-32)6-4-16-46(40,41)42/h21-26H,3-20H2,1-2H3/p+2. The zero-order valence-corrected chi connectivity index (χ0v) is 30.4. The lowest BCUT2D eigenvalue weighted by Gasteiger charge is -2.42. The van der Waals surface area contributed by atoms with Crippen LogP contribution in [0.3, 0.4) is 0 Å². The molecule has 2 atom stereocenters. The van der Waals surface area contributed by atoms with E-state index in [1.165, 1.54) is 32.6 Å². The van der Waals surface area contributed by atoms with Crippen molar-refractivity contribution in [3.05, 3.63) is 46.8 Å². The second-order valence-corrected chi connectivity index (χ2v) is 18.7. The van der Waals surface area contributed by atoms with E-state index in [-0.39, 0.29) is 11.5 Å². The van der Waals surface area contributed by atoms with E-state index >= 15 is 0 Å². The first-order valence-corrected chi connectivity index (χ1v) is 21.7. The summed E-state index contributed by atoms with van der Waals surface area (Å²) in [6.07, 6.45) is 14.5. The van der Waals surface area contributed by atoms with Gasteiger partial charge < -0.3 is 9.80 Å². The summed E-state index contributed by atoms with van der Waals surface area (Å²) in [5, 5.41) is 2.41. The van der Waals surface area contributed by atoms with Crippen LogP contribution in [0.25, 0.3) is 0 Å². The molecule has 5 rings (SSSR count). The van der Waals surface area contributed by atoms with E-state index < -0.39 is 20.2 Å². The molecule has 2 N–H and O–H groups in total. The average Bonchev–Trinajstić information content (AvgIpc) is 3.60. The number of allylic oxidation sites excluding steroid dienone is 6. The minimum absolute atomic E-state index is 0.197. The van der Waals surface area contributed by atoms with Gasteiger partial charge in [-0.15, -0.1) is 0 Å². The second-order valence-electron chi connectivity index (χ2n) is 13.3. The summed E-state index contributed by atoms with van der Waals surface area (Å²) in [5.41, 5.74) is 5.52. The van der Waals surface area contributed by atoms with Crippen molar-refractivity contribution < 1.29 is 35.1 Å². The van der Waals surface area contributed by atoms with Gasteiger partial charge >= 0.3 is 0 Å². The predicted molar refractivity (Wildman–Crippen MR) is 189 cm³/mol. The Morgan fingerprint density at radius 1 is 0.717 bits per heavy atom. The van der Waals surface area contributed by atoms with Gasteiger partial charge in [0.05, 0.1) is 23.0 Å². The summed E-state index contributed by atoms with van der Waals surface area (Å²) < 4.78 is 67.3. The molecule has 256 valence electrons. The fourth-order valence-corrected chi connectivity index (χ4v) is 10.3. The second kappa shape index (κ2) is 15.8. The first kappa shape index (κ1) is 35.7. The third-order valence-corrected chi connectivity index (χ3v) is 12.9. The summed E-state index contributed by atoms with van der Waals surface area (Å²) in [7, 11) is -7.85. The van der Waals surface area contributed by atoms with Crippen LogP contribution in [0, 0.1) is 11.8 Å². The molecule has 3 aliphatic heterocycles. The van der Waals surface area contributed by atoms with Gasteiger partial charge in [-0.2, -0.15) is 16.8 Å². The van der Waals surface area contributed by atoms with Gasteiger partial charge in [-0.25, -0.2) is 9.15 Å². The molecule has 2 unspecified atom stereocenters. The first-order valence-electron chi connectivity index (χ1n) is 16.5. The minimum Gasteiger partial charge on any atom is -0.371 e. The van der Waals surface area contributed by atoms with Crippen LogP contribution in [0.5, 0.6) is 0 Å². The molecule has 3 heterocycles. The van der Waals surface area contributed by atoms with Crippen LogP contribution in [-0.4, -0.2) is 130 Å². The maximum absolute atomic E-state index is 11.2. The number of rotatable bonds is 12. The molecule has 0 aromatic rings. The number of hydrogen-bond donors (Lipinski definition) is 2. The number of piperazine rings is 1. The van der Waals surface area contributed by atoms with Gasteiger partial charge in [0.1, 0.15) is 13.1 Å². The Hall–Kier alpha value is -1.58. The highest BCUT2D eigenvalue weighted by Crippen LogP contribution is 2.34. The molecule has 1 fully saturated rings. The third kappa shape index (κ3) is 10.7. The van der Waals surface area contributed by atoms with Crippen molar-refractivity contribution in [1.82, 2.24) is 9.80 Å². The number of nitrogens with zero attached hydrogens (tertiary/aromatic N) is 4. The monoisotopic (exact) mass is 714 g/mol. The van der Waals surface area contributed by atoms with Crippen LogP contribution >= 0.6 is 23.5 Å². The van der Waals surface area contributed by atoms with Gasteiger partial charge in [0, 0.05) is 62.6 Å². The van der Waals surface area contributed by atoms with E-state index in [9.17, 15) is 16.8 Å². The lowest BCUT2D eigenvalue weighted by molar-refractivity contribution is -0.517. The highest BCUT2D eigenvalue weighted by atomic mass is 32.2. The van der Waals surface area contributed by atoms with Crippen molar-refractivity contribution in [2.24, 2.45) is 11.8 Å². The van der Waals surface area contributed by atoms with Crippen molar-refractivity contribution in [1.29, 1.82) is 0 Å². The van der Waals surface area contributed by atoms with Crippen molar-refractivity contribution in [2.75, 3.05) is 75.4 Å². The van der Waals surface area contributed by atoms with Crippen molar-refractivity contribution in [3.63, 3.8) is 0 Å². The van der Waals surface area contributed by atoms with E-state index in [2.05, 4.69) is 57.1 Å². The van der Waals surface area contributed by atoms with Crippen LogP contribution in [0.1, 0.15) is 52.4 Å². The van der Waals surface area contributed by atoms with Gasteiger partial charge in [0.15, 0.2) is 13.1 Å². The number of thioether (sulfide) groups is 2. The molecule has 14 heteroatoms. The van der Waals surface area contributed by atoms with Crippen LogP contribution in [-0.2, 0) is 20.2 Å². The van der Waals surface area contributed by atoms with Crippen molar-refractivity contribution >= 4 is 53.8 Å². The quantitative estimate of drug-likeness (QED) is 0.227. The zero-order valence-electron chi connectivity index (χ0n) is 27.1. The van der Waals surface area contributed by atoms with Crippen molar-refractivity contribution in [3.8, 4) is 0 Å². The third-order valence-electron chi connectivity index (χ3n) is 9.20. The maximum atomic E-state index is 11.2. The first-order chi connectivity index (χ1) is 21.8. The summed E-state index contributed by atoms with van der Waals surface area (Å²) in [6, 6.07) is 0. The van der Waals surface area contributed by atoms with Crippen LogP contribution in [0.15, 0.2) is 46.8 Å². The Bertz CT molecular complexity index is 1440. The lowest BCUT2D eigenvalue weighted by Crippen LogP contribution is -2.46. The molecular weight excluding hydrogens is 665 g/mol. The molecule has 0 amide bonds. The summed E-state index contributed by atoms with van der Waals surface area (Å²) in [5.74, 6) is 2.74. The Balaban J connectivity index is 1.22. The summed E-state index contributed by atoms with van der Waals surface area (Å²) in [6.45, 7) is 11.7. The van der Waals surface area contributed by atoms with E-state index in [4.69, 9.17) is 9.11 Å². The van der Waals surface area contributed by atoms with Gasteiger partial charge in [-0.1, -0.05) is 37.4 Å². The summed E-state index contributed by atoms with van der Waals surface area (Å²) in [4.78, 5) is 5.13. The molecule has 0 aromatic heterocycles. The molecule has 0 spiro atoms. The van der Waals surface area contributed by atoms with Gasteiger partial charge in [0.2, 0.25) is 10.1 Å². The van der Waals surface area contributed by atoms with E-state index in [0.29, 0.717) is 37.8 Å². The maximum Gasteiger partial charge on any atom is 0.265 e. The van der Waals surface area contributed by atoms with Crippen LogP contribution < -0.4 is 0 Å². The predicted octanol–water partition coefficient (Wildman–Crippen LogP) is 3.96.